The van der Waals surface area contributed by atoms with Crippen molar-refractivity contribution in [2.24, 2.45) is 0 Å². The number of nitrogens with one attached hydrogen (secondary N) is 2. The summed E-state index contributed by atoms with van der Waals surface area (Å²) in [5.74, 6) is -0.398. The molecule has 168 valence electrons. The van der Waals surface area contributed by atoms with Gasteiger partial charge in [0.2, 0.25) is 0 Å². The summed E-state index contributed by atoms with van der Waals surface area (Å²) in [5.41, 5.74) is 0.583. The molecule has 0 spiro atoms. The van der Waals surface area contributed by atoms with Gasteiger partial charge in [0.1, 0.15) is 12.4 Å². The third kappa shape index (κ3) is 5.76. The van der Waals surface area contributed by atoms with Gasteiger partial charge in [0.05, 0.1) is 23.7 Å². The molecule has 1 amide bonds. The Morgan fingerprint density at radius 1 is 0.969 bits per heavy atom. The molecule has 0 saturated heterocycles. The lowest BCUT2D eigenvalue weighted by Gasteiger charge is -2.16. The third-order valence-electron chi connectivity index (χ3n) is 4.48. The summed E-state index contributed by atoms with van der Waals surface area (Å²) in [5, 5.41) is 2.73. The summed E-state index contributed by atoms with van der Waals surface area (Å²) >= 11 is 0. The smallest absolute Gasteiger partial charge is 0.262 e. The molecule has 0 radical (unpaired) electrons. The van der Waals surface area contributed by atoms with Crippen LogP contribution < -0.4 is 19.5 Å². The number of methoxy groups -OCH3 is 1. The molecule has 3 aromatic carbocycles. The SMILES string of the molecule is COc1ccccc1NS(=O)(=O)c1ccc(C(=O)NC(C)COc2ccccc2F)cc1. The second kappa shape index (κ2) is 10.1. The summed E-state index contributed by atoms with van der Waals surface area (Å²) in [7, 11) is -2.42. The molecule has 0 heterocycles. The lowest BCUT2D eigenvalue weighted by molar-refractivity contribution is 0.0926. The lowest BCUT2D eigenvalue weighted by atomic mass is 10.2. The molecule has 32 heavy (non-hydrogen) atoms. The maximum atomic E-state index is 13.6. The summed E-state index contributed by atoms with van der Waals surface area (Å²) in [4.78, 5) is 12.4. The fourth-order valence-electron chi connectivity index (χ4n) is 2.84. The van der Waals surface area contributed by atoms with E-state index >= 15 is 0 Å². The van der Waals surface area contributed by atoms with Crippen LogP contribution in [0.2, 0.25) is 0 Å². The first-order chi connectivity index (χ1) is 15.3. The van der Waals surface area contributed by atoms with Gasteiger partial charge in [0, 0.05) is 5.56 Å². The average Bonchev–Trinajstić information content (AvgIpc) is 2.78. The quantitative estimate of drug-likeness (QED) is 0.508. The Hall–Kier alpha value is -3.59. The van der Waals surface area contributed by atoms with Crippen LogP contribution in [0.15, 0.2) is 77.7 Å². The van der Waals surface area contributed by atoms with Gasteiger partial charge in [-0.15, -0.1) is 0 Å². The van der Waals surface area contributed by atoms with Gasteiger partial charge in [0.25, 0.3) is 15.9 Å². The molecule has 0 saturated carbocycles. The molecular formula is C23H23FN2O5S. The van der Waals surface area contributed by atoms with Crippen LogP contribution in [-0.2, 0) is 10.0 Å². The summed E-state index contributed by atoms with van der Waals surface area (Å²) in [6, 6.07) is 17.7. The zero-order chi connectivity index (χ0) is 23.1. The lowest BCUT2D eigenvalue weighted by Crippen LogP contribution is -2.36. The van der Waals surface area contributed by atoms with E-state index in [1.807, 2.05) is 0 Å². The number of benzene rings is 3. The fourth-order valence-corrected chi connectivity index (χ4v) is 3.91. The Balaban J connectivity index is 1.61. The van der Waals surface area contributed by atoms with E-state index in [1.165, 1.54) is 43.5 Å². The van der Waals surface area contributed by atoms with E-state index in [0.717, 1.165) is 0 Å². The largest absolute Gasteiger partial charge is 0.495 e. The molecule has 0 aliphatic rings. The van der Waals surface area contributed by atoms with Crippen molar-refractivity contribution in [2.75, 3.05) is 18.4 Å². The molecule has 9 heteroatoms. The second-order valence-corrected chi connectivity index (χ2v) is 8.63. The highest BCUT2D eigenvalue weighted by molar-refractivity contribution is 7.92. The van der Waals surface area contributed by atoms with Crippen molar-refractivity contribution in [3.05, 3.63) is 84.2 Å². The maximum Gasteiger partial charge on any atom is 0.262 e. The Kier molecular flexibility index (Phi) is 7.32. The van der Waals surface area contributed by atoms with Crippen molar-refractivity contribution in [3.8, 4) is 11.5 Å². The Morgan fingerprint density at radius 2 is 1.59 bits per heavy atom. The topological polar surface area (TPSA) is 93.7 Å². The minimum Gasteiger partial charge on any atom is -0.495 e. The number of sulfonamides is 1. The van der Waals surface area contributed by atoms with Crippen molar-refractivity contribution in [2.45, 2.75) is 17.9 Å². The van der Waals surface area contributed by atoms with Gasteiger partial charge in [0.15, 0.2) is 11.6 Å². The summed E-state index contributed by atoms with van der Waals surface area (Å²) in [6.45, 7) is 1.79. The van der Waals surface area contributed by atoms with E-state index in [4.69, 9.17) is 9.47 Å². The van der Waals surface area contributed by atoms with Crippen LogP contribution in [0.4, 0.5) is 10.1 Å². The van der Waals surface area contributed by atoms with Gasteiger partial charge in [-0.1, -0.05) is 24.3 Å². The highest BCUT2D eigenvalue weighted by Crippen LogP contribution is 2.26. The molecule has 1 unspecified atom stereocenters. The van der Waals surface area contributed by atoms with Gasteiger partial charge in [-0.05, 0) is 55.5 Å². The Morgan fingerprint density at radius 3 is 2.25 bits per heavy atom. The summed E-state index contributed by atoms with van der Waals surface area (Å²) in [6.07, 6.45) is 0. The number of carbonyl (C=O) groups is 1. The number of carbonyl (C=O) groups excluding carboxylic acids is 1. The maximum absolute atomic E-state index is 13.6. The van der Waals surface area contributed by atoms with Crippen LogP contribution in [0.1, 0.15) is 17.3 Å². The van der Waals surface area contributed by atoms with Gasteiger partial charge in [-0.25, -0.2) is 12.8 Å². The van der Waals surface area contributed by atoms with E-state index < -0.39 is 27.8 Å². The van der Waals surface area contributed by atoms with Crippen molar-refractivity contribution >= 4 is 21.6 Å². The van der Waals surface area contributed by atoms with Crippen LogP contribution in [-0.4, -0.2) is 34.1 Å². The van der Waals surface area contributed by atoms with Crippen molar-refractivity contribution in [3.63, 3.8) is 0 Å². The zero-order valence-corrected chi connectivity index (χ0v) is 18.4. The van der Waals surface area contributed by atoms with Crippen LogP contribution in [0.25, 0.3) is 0 Å². The van der Waals surface area contributed by atoms with Gasteiger partial charge in [-0.2, -0.15) is 0 Å². The van der Waals surface area contributed by atoms with Crippen LogP contribution in [0.3, 0.4) is 0 Å². The molecule has 0 bridgehead atoms. The fraction of sp³-hybridized carbons (Fsp3) is 0.174. The number of halogens is 1. The average molecular weight is 459 g/mol. The number of amides is 1. The first-order valence-corrected chi connectivity index (χ1v) is 11.2. The highest BCUT2D eigenvalue weighted by Gasteiger charge is 2.18. The third-order valence-corrected chi connectivity index (χ3v) is 5.86. The van der Waals surface area contributed by atoms with Crippen LogP contribution >= 0.6 is 0 Å². The predicted octanol–water partition coefficient (Wildman–Crippen LogP) is 3.83. The number of para-hydroxylation sites is 3. The number of rotatable bonds is 9. The molecule has 3 aromatic rings. The first-order valence-electron chi connectivity index (χ1n) is 9.74. The molecule has 2 N–H and O–H groups in total. The summed E-state index contributed by atoms with van der Waals surface area (Å²) < 4.78 is 51.9. The normalized spacial score (nSPS) is 12.0. The highest BCUT2D eigenvalue weighted by atomic mass is 32.2. The van der Waals surface area contributed by atoms with Crippen molar-refractivity contribution in [1.29, 1.82) is 0 Å². The molecule has 3 rings (SSSR count). The minimum atomic E-state index is -3.87. The molecule has 0 fully saturated rings. The predicted molar refractivity (Wildman–Crippen MR) is 119 cm³/mol. The van der Waals surface area contributed by atoms with Crippen molar-refractivity contribution < 1.29 is 27.1 Å². The first kappa shape index (κ1) is 23.1. The minimum absolute atomic E-state index is 0.00380. The molecule has 1 atom stereocenters. The molecule has 0 aliphatic heterocycles. The molecule has 0 aliphatic carbocycles. The standard InChI is InChI=1S/C23H23FN2O5S/c1-16(15-31-21-9-5-3-7-19(21)24)25-23(27)17-11-13-18(14-12-17)32(28,29)26-20-8-4-6-10-22(20)30-2/h3-14,16,26H,15H2,1-2H3,(H,25,27). The number of anilines is 1. The van der Waals surface area contributed by atoms with Gasteiger partial charge >= 0.3 is 0 Å². The van der Waals surface area contributed by atoms with Gasteiger partial charge in [-0.3, -0.25) is 9.52 Å². The zero-order valence-electron chi connectivity index (χ0n) is 17.5. The van der Waals surface area contributed by atoms with E-state index in [2.05, 4.69) is 10.0 Å². The Labute approximate surface area is 186 Å². The van der Waals surface area contributed by atoms with Crippen LogP contribution in [0, 0.1) is 5.82 Å². The number of hydrogen-bond acceptors (Lipinski definition) is 5. The monoisotopic (exact) mass is 458 g/mol. The van der Waals surface area contributed by atoms with E-state index in [1.54, 1.807) is 43.3 Å². The molecular weight excluding hydrogens is 435 g/mol. The molecule has 7 nitrogen and oxygen atoms in total. The Bertz CT molecular complexity index is 1180. The van der Waals surface area contributed by atoms with Crippen LogP contribution in [0.5, 0.6) is 11.5 Å². The second-order valence-electron chi connectivity index (χ2n) is 6.95. The van der Waals surface area contributed by atoms with E-state index in [9.17, 15) is 17.6 Å². The number of hydrogen-bond donors (Lipinski definition) is 2. The van der Waals surface area contributed by atoms with E-state index in [-0.39, 0.29) is 22.8 Å². The van der Waals surface area contributed by atoms with Gasteiger partial charge < -0.3 is 14.8 Å². The molecule has 0 aromatic heterocycles. The van der Waals surface area contributed by atoms with Crippen molar-refractivity contribution in [1.82, 2.24) is 5.32 Å². The van der Waals surface area contributed by atoms with E-state index in [0.29, 0.717) is 11.4 Å². The number of ether oxygens (including phenoxy) is 2.